The SMILES string of the molecule is CC(C)CCOc1ccc(C(=O)N2CC3(C2)CN(S(C)(=O)=O)C3)c(F)c1. The fourth-order valence-corrected chi connectivity index (χ4v) is 4.40. The molecule has 0 radical (unpaired) electrons. The van der Waals surface area contributed by atoms with E-state index < -0.39 is 15.8 Å². The topological polar surface area (TPSA) is 66.9 Å². The molecule has 8 heteroatoms. The normalized spacial score (nSPS) is 19.3. The number of hydrogen-bond acceptors (Lipinski definition) is 4. The van der Waals surface area contributed by atoms with Gasteiger partial charge in [0, 0.05) is 37.7 Å². The first-order valence-electron chi connectivity index (χ1n) is 8.76. The van der Waals surface area contributed by atoms with Gasteiger partial charge in [-0.1, -0.05) is 13.8 Å². The molecule has 0 N–H and O–H groups in total. The zero-order valence-electron chi connectivity index (χ0n) is 15.4. The van der Waals surface area contributed by atoms with E-state index in [1.165, 1.54) is 22.7 Å². The number of carbonyl (C=O) groups is 1. The van der Waals surface area contributed by atoms with E-state index in [4.69, 9.17) is 4.74 Å². The highest BCUT2D eigenvalue weighted by atomic mass is 32.2. The van der Waals surface area contributed by atoms with Crippen LogP contribution in [0.15, 0.2) is 18.2 Å². The van der Waals surface area contributed by atoms with Gasteiger partial charge in [0.25, 0.3) is 5.91 Å². The van der Waals surface area contributed by atoms with Crippen LogP contribution in [0.25, 0.3) is 0 Å². The first-order chi connectivity index (χ1) is 12.1. The lowest BCUT2D eigenvalue weighted by Crippen LogP contribution is -2.73. The van der Waals surface area contributed by atoms with Crippen LogP contribution in [0.5, 0.6) is 5.75 Å². The van der Waals surface area contributed by atoms with Gasteiger partial charge in [0.2, 0.25) is 10.0 Å². The summed E-state index contributed by atoms with van der Waals surface area (Å²) in [5.74, 6) is -0.0313. The van der Waals surface area contributed by atoms with E-state index in [9.17, 15) is 17.6 Å². The van der Waals surface area contributed by atoms with Crippen LogP contribution in [0.3, 0.4) is 0 Å². The van der Waals surface area contributed by atoms with Gasteiger partial charge in [0.05, 0.1) is 18.4 Å². The summed E-state index contributed by atoms with van der Waals surface area (Å²) in [5.41, 5.74) is -0.134. The van der Waals surface area contributed by atoms with E-state index in [0.29, 0.717) is 44.5 Å². The molecule has 3 rings (SSSR count). The number of carbonyl (C=O) groups excluding carboxylic acids is 1. The highest BCUT2D eigenvalue weighted by molar-refractivity contribution is 7.88. The van der Waals surface area contributed by atoms with Crippen LogP contribution >= 0.6 is 0 Å². The summed E-state index contributed by atoms with van der Waals surface area (Å²) in [6.45, 7) is 6.47. The Morgan fingerprint density at radius 1 is 1.27 bits per heavy atom. The van der Waals surface area contributed by atoms with Gasteiger partial charge in [-0.15, -0.1) is 0 Å². The largest absolute Gasteiger partial charge is 0.493 e. The Hall–Kier alpha value is -1.67. The molecule has 1 aromatic rings. The molecule has 0 saturated carbocycles. The molecule has 2 fully saturated rings. The smallest absolute Gasteiger partial charge is 0.256 e. The molecule has 26 heavy (non-hydrogen) atoms. The van der Waals surface area contributed by atoms with Crippen molar-refractivity contribution in [1.29, 1.82) is 0 Å². The maximum atomic E-state index is 14.3. The van der Waals surface area contributed by atoms with Crippen molar-refractivity contribution in [2.45, 2.75) is 20.3 Å². The number of likely N-dealkylation sites (tertiary alicyclic amines) is 1. The molecule has 1 aromatic carbocycles. The van der Waals surface area contributed by atoms with Gasteiger partial charge in [0.1, 0.15) is 11.6 Å². The Morgan fingerprint density at radius 2 is 1.92 bits per heavy atom. The van der Waals surface area contributed by atoms with E-state index in [-0.39, 0.29) is 16.9 Å². The fraction of sp³-hybridized carbons (Fsp3) is 0.611. The zero-order chi connectivity index (χ0) is 19.1. The van der Waals surface area contributed by atoms with Gasteiger partial charge < -0.3 is 9.64 Å². The van der Waals surface area contributed by atoms with Crippen molar-refractivity contribution in [1.82, 2.24) is 9.21 Å². The molecule has 1 amide bonds. The number of sulfonamides is 1. The van der Waals surface area contributed by atoms with Crippen LogP contribution in [0.1, 0.15) is 30.6 Å². The summed E-state index contributed by atoms with van der Waals surface area (Å²) in [4.78, 5) is 14.0. The molecule has 2 aliphatic rings. The van der Waals surface area contributed by atoms with Crippen molar-refractivity contribution < 1.29 is 22.3 Å². The number of hydrogen-bond donors (Lipinski definition) is 0. The molecule has 2 aliphatic heterocycles. The average molecular weight is 384 g/mol. The lowest BCUT2D eigenvalue weighted by molar-refractivity contribution is -0.0632. The van der Waals surface area contributed by atoms with E-state index in [0.717, 1.165) is 6.42 Å². The predicted molar refractivity (Wildman–Crippen MR) is 96.1 cm³/mol. The van der Waals surface area contributed by atoms with Crippen LogP contribution in [0.2, 0.25) is 0 Å². The molecule has 144 valence electrons. The van der Waals surface area contributed by atoms with E-state index in [2.05, 4.69) is 13.8 Å². The van der Waals surface area contributed by atoms with E-state index in [1.807, 2.05) is 0 Å². The Kier molecular flexibility index (Phi) is 5.00. The monoisotopic (exact) mass is 384 g/mol. The molecule has 2 heterocycles. The summed E-state index contributed by atoms with van der Waals surface area (Å²) in [6.07, 6.45) is 2.06. The first-order valence-corrected chi connectivity index (χ1v) is 10.6. The summed E-state index contributed by atoms with van der Waals surface area (Å²) in [6, 6.07) is 4.32. The van der Waals surface area contributed by atoms with Crippen LogP contribution in [-0.4, -0.2) is 62.6 Å². The van der Waals surface area contributed by atoms with Crippen molar-refractivity contribution in [2.75, 3.05) is 39.0 Å². The molecular weight excluding hydrogens is 359 g/mol. The second-order valence-electron chi connectivity index (χ2n) is 7.86. The highest BCUT2D eigenvalue weighted by Gasteiger charge is 2.55. The van der Waals surface area contributed by atoms with Gasteiger partial charge in [0.15, 0.2) is 0 Å². The standard InChI is InChI=1S/C18H25FN2O4S/c1-13(2)6-7-25-14-4-5-15(16(19)8-14)17(22)20-9-18(10-20)11-21(12-18)26(3,23)24/h4-5,8,13H,6-7,9-12H2,1-3H3. The summed E-state index contributed by atoms with van der Waals surface area (Å²) in [7, 11) is -3.17. The molecule has 0 aromatic heterocycles. The van der Waals surface area contributed by atoms with E-state index >= 15 is 0 Å². The fourth-order valence-electron chi connectivity index (χ4n) is 3.39. The molecule has 1 spiro atoms. The Morgan fingerprint density at radius 3 is 2.46 bits per heavy atom. The quantitative estimate of drug-likeness (QED) is 0.752. The molecule has 6 nitrogen and oxygen atoms in total. The molecule has 0 bridgehead atoms. The van der Waals surface area contributed by atoms with Crippen LogP contribution in [0, 0.1) is 17.2 Å². The number of rotatable bonds is 6. The maximum Gasteiger partial charge on any atom is 0.256 e. The molecular formula is C18H25FN2O4S. The van der Waals surface area contributed by atoms with Crippen molar-refractivity contribution in [3.63, 3.8) is 0 Å². The van der Waals surface area contributed by atoms with Gasteiger partial charge in [-0.25, -0.2) is 17.1 Å². The Bertz CT molecular complexity index is 795. The summed E-state index contributed by atoms with van der Waals surface area (Å²) >= 11 is 0. The Labute approximate surface area is 154 Å². The third-order valence-corrected chi connectivity index (χ3v) is 6.16. The third kappa shape index (κ3) is 3.86. The molecule has 0 atom stereocenters. The van der Waals surface area contributed by atoms with Crippen molar-refractivity contribution in [3.05, 3.63) is 29.6 Å². The van der Waals surface area contributed by atoms with Crippen molar-refractivity contribution in [2.24, 2.45) is 11.3 Å². The molecule has 0 unspecified atom stereocenters. The number of benzene rings is 1. The second-order valence-corrected chi connectivity index (χ2v) is 9.85. The third-order valence-electron chi connectivity index (χ3n) is 4.97. The van der Waals surface area contributed by atoms with Gasteiger partial charge >= 0.3 is 0 Å². The van der Waals surface area contributed by atoms with Crippen molar-refractivity contribution >= 4 is 15.9 Å². The van der Waals surface area contributed by atoms with Crippen LogP contribution < -0.4 is 4.74 Å². The van der Waals surface area contributed by atoms with Crippen LogP contribution in [-0.2, 0) is 10.0 Å². The zero-order valence-corrected chi connectivity index (χ0v) is 16.2. The minimum absolute atomic E-state index is 0.0235. The van der Waals surface area contributed by atoms with Crippen molar-refractivity contribution in [3.8, 4) is 5.75 Å². The van der Waals surface area contributed by atoms with Gasteiger partial charge in [-0.2, -0.15) is 0 Å². The van der Waals surface area contributed by atoms with Gasteiger partial charge in [-0.3, -0.25) is 4.79 Å². The maximum absolute atomic E-state index is 14.3. The van der Waals surface area contributed by atoms with Crippen LogP contribution in [0.4, 0.5) is 4.39 Å². The molecule has 0 aliphatic carbocycles. The predicted octanol–water partition coefficient (Wildman–Crippen LogP) is 1.97. The number of halogens is 1. The van der Waals surface area contributed by atoms with Gasteiger partial charge in [-0.05, 0) is 24.5 Å². The minimum Gasteiger partial charge on any atom is -0.493 e. The average Bonchev–Trinajstić information content (AvgIpc) is 2.42. The lowest BCUT2D eigenvalue weighted by atomic mass is 9.74. The highest BCUT2D eigenvalue weighted by Crippen LogP contribution is 2.41. The lowest BCUT2D eigenvalue weighted by Gasteiger charge is -2.59. The number of ether oxygens (including phenoxy) is 1. The summed E-state index contributed by atoms with van der Waals surface area (Å²) in [5, 5.41) is 0. The second kappa shape index (κ2) is 6.81. The number of nitrogens with zero attached hydrogens (tertiary/aromatic N) is 2. The summed E-state index contributed by atoms with van der Waals surface area (Å²) < 4.78 is 44.1. The molecule has 2 saturated heterocycles. The minimum atomic E-state index is -3.17. The van der Waals surface area contributed by atoms with E-state index in [1.54, 1.807) is 11.0 Å². The first kappa shape index (κ1) is 19.1. The number of amides is 1. The Balaban J connectivity index is 1.55.